The third-order valence-electron chi connectivity index (χ3n) is 4.38. The van der Waals surface area contributed by atoms with Gasteiger partial charge >= 0.3 is 0 Å². The van der Waals surface area contributed by atoms with E-state index < -0.39 is 0 Å². The van der Waals surface area contributed by atoms with E-state index in [1.165, 1.54) is 0 Å². The van der Waals surface area contributed by atoms with E-state index in [1.54, 1.807) is 35.2 Å². The number of hydrogen-bond donors (Lipinski definition) is 0. The van der Waals surface area contributed by atoms with Gasteiger partial charge in [0.25, 0.3) is 5.91 Å². The third kappa shape index (κ3) is 3.53. The molecule has 2 heterocycles. The molecule has 0 fully saturated rings. The molecule has 8 heteroatoms. The number of ether oxygens (including phenoxy) is 2. The van der Waals surface area contributed by atoms with E-state index in [9.17, 15) is 4.79 Å². The number of hydrogen-bond acceptors (Lipinski definition) is 6. The summed E-state index contributed by atoms with van der Waals surface area (Å²) in [4.78, 5) is 14.7. The number of amides is 1. The van der Waals surface area contributed by atoms with Gasteiger partial charge < -0.3 is 18.8 Å². The lowest BCUT2D eigenvalue weighted by Crippen LogP contribution is -2.36. The number of halogens is 1. The van der Waals surface area contributed by atoms with Crippen molar-refractivity contribution in [1.82, 2.24) is 15.1 Å². The van der Waals surface area contributed by atoms with E-state index in [4.69, 9.17) is 25.5 Å². The highest BCUT2D eigenvalue weighted by Gasteiger charge is 2.24. The fraction of sp³-hybridized carbons (Fsp3) is 0.250. The van der Waals surface area contributed by atoms with Crippen molar-refractivity contribution in [2.75, 3.05) is 6.79 Å². The zero-order chi connectivity index (χ0) is 19.7. The topological polar surface area (TPSA) is 77.7 Å². The number of carbonyl (C=O) groups excluding carboxylic acids is 1. The Morgan fingerprint density at radius 1 is 1.14 bits per heavy atom. The minimum Gasteiger partial charge on any atom is -0.454 e. The Hall–Kier alpha value is -3.06. The fourth-order valence-electron chi connectivity index (χ4n) is 2.89. The van der Waals surface area contributed by atoms with Crippen LogP contribution >= 0.6 is 11.6 Å². The maximum Gasteiger partial charge on any atom is 0.254 e. The van der Waals surface area contributed by atoms with E-state index >= 15 is 0 Å². The Bertz CT molecular complexity index is 1020. The maximum atomic E-state index is 13.0. The highest BCUT2D eigenvalue weighted by Crippen LogP contribution is 2.33. The lowest BCUT2D eigenvalue weighted by atomic mass is 10.1. The summed E-state index contributed by atoms with van der Waals surface area (Å²) in [6.07, 6.45) is 0. The molecule has 2 aromatic carbocycles. The molecule has 1 aromatic heterocycles. The molecule has 1 amide bonds. The van der Waals surface area contributed by atoms with Crippen molar-refractivity contribution in [2.45, 2.75) is 26.4 Å². The molecule has 0 bridgehead atoms. The molecule has 0 N–H and O–H groups in total. The Kier molecular flexibility index (Phi) is 4.92. The molecule has 0 unspecified atom stereocenters. The van der Waals surface area contributed by atoms with Gasteiger partial charge in [0.15, 0.2) is 11.5 Å². The SMILES string of the molecule is CC(C)N(Cc1nnc(-c2ccccc2Cl)o1)C(=O)c1ccc2c(c1)OCO2. The average molecular weight is 400 g/mol. The van der Waals surface area contributed by atoms with E-state index in [-0.39, 0.29) is 25.3 Å². The van der Waals surface area contributed by atoms with Crippen molar-refractivity contribution < 1.29 is 18.7 Å². The van der Waals surface area contributed by atoms with Crippen molar-refractivity contribution in [3.05, 3.63) is 58.9 Å². The van der Waals surface area contributed by atoms with Crippen LogP contribution in [0.25, 0.3) is 11.5 Å². The molecular weight excluding hydrogens is 382 g/mol. The Morgan fingerprint density at radius 3 is 2.71 bits per heavy atom. The predicted octanol–water partition coefficient (Wildman–Crippen LogP) is 4.17. The molecule has 144 valence electrons. The van der Waals surface area contributed by atoms with Crippen LogP contribution < -0.4 is 9.47 Å². The number of aromatic nitrogens is 2. The predicted molar refractivity (Wildman–Crippen MR) is 102 cm³/mol. The molecule has 0 atom stereocenters. The molecular formula is C20H18ClN3O4. The summed E-state index contributed by atoms with van der Waals surface area (Å²) >= 11 is 6.19. The third-order valence-corrected chi connectivity index (χ3v) is 4.71. The van der Waals surface area contributed by atoms with Crippen molar-refractivity contribution >= 4 is 17.5 Å². The van der Waals surface area contributed by atoms with Crippen LogP contribution in [0.3, 0.4) is 0 Å². The van der Waals surface area contributed by atoms with Gasteiger partial charge in [-0.2, -0.15) is 0 Å². The molecule has 4 rings (SSSR count). The zero-order valence-electron chi connectivity index (χ0n) is 15.4. The number of carbonyl (C=O) groups is 1. The van der Waals surface area contributed by atoms with E-state index in [0.717, 1.165) is 0 Å². The van der Waals surface area contributed by atoms with Gasteiger partial charge in [-0.1, -0.05) is 23.7 Å². The molecule has 1 aliphatic rings. The highest BCUT2D eigenvalue weighted by molar-refractivity contribution is 6.33. The molecule has 7 nitrogen and oxygen atoms in total. The number of benzene rings is 2. The van der Waals surface area contributed by atoms with E-state index in [2.05, 4.69) is 10.2 Å². The smallest absolute Gasteiger partial charge is 0.254 e. The van der Waals surface area contributed by atoms with Crippen molar-refractivity contribution in [2.24, 2.45) is 0 Å². The van der Waals surface area contributed by atoms with Crippen LogP contribution in [-0.4, -0.2) is 33.8 Å². The summed E-state index contributed by atoms with van der Waals surface area (Å²) in [6.45, 7) is 4.20. The summed E-state index contributed by atoms with van der Waals surface area (Å²) in [5.74, 6) is 1.69. The minimum atomic E-state index is -0.161. The van der Waals surface area contributed by atoms with Crippen LogP contribution in [0, 0.1) is 0 Å². The molecule has 0 radical (unpaired) electrons. The first kappa shape index (κ1) is 18.3. The van der Waals surface area contributed by atoms with Crippen molar-refractivity contribution in [3.63, 3.8) is 0 Å². The fourth-order valence-corrected chi connectivity index (χ4v) is 3.11. The number of fused-ring (bicyclic) bond motifs is 1. The molecule has 0 saturated carbocycles. The second-order valence-corrected chi connectivity index (χ2v) is 6.98. The Balaban J connectivity index is 1.56. The van der Waals surface area contributed by atoms with Gasteiger partial charge in [-0.15, -0.1) is 10.2 Å². The van der Waals surface area contributed by atoms with Gasteiger partial charge in [-0.05, 0) is 44.2 Å². The van der Waals surface area contributed by atoms with Gasteiger partial charge in [-0.3, -0.25) is 4.79 Å². The Morgan fingerprint density at radius 2 is 1.93 bits per heavy atom. The molecule has 0 spiro atoms. The minimum absolute atomic E-state index is 0.0754. The van der Waals surface area contributed by atoms with Crippen LogP contribution in [0.5, 0.6) is 11.5 Å². The zero-order valence-corrected chi connectivity index (χ0v) is 16.1. The van der Waals surface area contributed by atoms with Gasteiger partial charge in [0.05, 0.1) is 17.1 Å². The monoisotopic (exact) mass is 399 g/mol. The lowest BCUT2D eigenvalue weighted by Gasteiger charge is -2.25. The molecule has 28 heavy (non-hydrogen) atoms. The van der Waals surface area contributed by atoms with Gasteiger partial charge in [-0.25, -0.2) is 0 Å². The standard InChI is InChI=1S/C20H18ClN3O4/c1-12(2)24(20(25)13-7-8-16-17(9-13)27-11-26-16)10-18-22-23-19(28-18)14-5-3-4-6-15(14)21/h3-9,12H,10-11H2,1-2H3. The molecule has 0 saturated heterocycles. The van der Waals surface area contributed by atoms with Crippen LogP contribution in [0.1, 0.15) is 30.1 Å². The first-order valence-electron chi connectivity index (χ1n) is 8.81. The number of rotatable bonds is 5. The highest BCUT2D eigenvalue weighted by atomic mass is 35.5. The van der Waals surface area contributed by atoms with Gasteiger partial charge in [0.2, 0.25) is 18.6 Å². The average Bonchev–Trinajstić information content (AvgIpc) is 3.34. The number of nitrogens with zero attached hydrogens (tertiary/aromatic N) is 3. The summed E-state index contributed by atoms with van der Waals surface area (Å²) < 4.78 is 16.4. The summed E-state index contributed by atoms with van der Waals surface area (Å²) in [7, 11) is 0. The van der Waals surface area contributed by atoms with Crippen LogP contribution in [0.4, 0.5) is 0 Å². The Labute approximate surface area is 166 Å². The maximum absolute atomic E-state index is 13.0. The first-order chi connectivity index (χ1) is 13.5. The van der Waals surface area contributed by atoms with Crippen molar-refractivity contribution in [1.29, 1.82) is 0 Å². The second-order valence-electron chi connectivity index (χ2n) is 6.58. The van der Waals surface area contributed by atoms with Gasteiger partial charge in [0, 0.05) is 11.6 Å². The normalized spacial score (nSPS) is 12.4. The van der Waals surface area contributed by atoms with E-state index in [1.807, 2.05) is 26.0 Å². The van der Waals surface area contributed by atoms with Crippen molar-refractivity contribution in [3.8, 4) is 23.0 Å². The quantitative estimate of drug-likeness (QED) is 0.640. The molecule has 1 aliphatic heterocycles. The van der Waals surface area contributed by atoms with Crippen LogP contribution in [0.15, 0.2) is 46.9 Å². The van der Waals surface area contributed by atoms with Crippen LogP contribution in [0.2, 0.25) is 5.02 Å². The first-order valence-corrected chi connectivity index (χ1v) is 9.18. The summed E-state index contributed by atoms with van der Waals surface area (Å²) in [5.41, 5.74) is 1.16. The lowest BCUT2D eigenvalue weighted by molar-refractivity contribution is 0.0672. The molecule has 0 aliphatic carbocycles. The summed E-state index contributed by atoms with van der Waals surface area (Å²) in [6, 6.07) is 12.3. The molecule has 3 aromatic rings. The summed E-state index contributed by atoms with van der Waals surface area (Å²) in [5, 5.41) is 8.66. The second kappa shape index (κ2) is 7.52. The largest absolute Gasteiger partial charge is 0.454 e. The van der Waals surface area contributed by atoms with E-state index in [0.29, 0.717) is 39.4 Å². The van der Waals surface area contributed by atoms with Gasteiger partial charge in [0.1, 0.15) is 0 Å². The van der Waals surface area contributed by atoms with Crippen LogP contribution in [-0.2, 0) is 6.54 Å².